The molecule has 0 fully saturated rings. The molecule has 3 aromatic carbocycles. The molecule has 0 aromatic heterocycles. The Kier molecular flexibility index (Phi) is 12.3. The first-order chi connectivity index (χ1) is 20.7. The van der Waals surface area contributed by atoms with Crippen LogP contribution in [0.4, 0.5) is 0 Å². The van der Waals surface area contributed by atoms with E-state index in [2.05, 4.69) is 5.32 Å². The van der Waals surface area contributed by atoms with Gasteiger partial charge in [0.25, 0.3) is 5.91 Å². The van der Waals surface area contributed by atoms with Gasteiger partial charge in [0.05, 0.1) is 11.5 Å². The Morgan fingerprint density at radius 3 is 2.11 bits per heavy atom. The predicted molar refractivity (Wildman–Crippen MR) is 174 cm³/mol. The summed E-state index contributed by atoms with van der Waals surface area (Å²) in [5.74, 6) is -2.15. The van der Waals surface area contributed by atoms with Crippen LogP contribution in [0.15, 0.2) is 72.8 Å². The van der Waals surface area contributed by atoms with Crippen LogP contribution in [0.5, 0.6) is 0 Å². The van der Waals surface area contributed by atoms with E-state index in [-0.39, 0.29) is 36.7 Å². The van der Waals surface area contributed by atoms with E-state index in [9.17, 15) is 31.5 Å². The van der Waals surface area contributed by atoms with Crippen molar-refractivity contribution in [3.63, 3.8) is 0 Å². The van der Waals surface area contributed by atoms with Crippen LogP contribution in [0, 0.1) is 12.8 Å². The number of carbonyl (C=O) groups excluding carboxylic acids is 1. The Bertz CT molecular complexity index is 1650. The van der Waals surface area contributed by atoms with Crippen molar-refractivity contribution in [2.45, 2.75) is 52.6 Å². The number of hydrogen-bond donors (Lipinski definition) is 2. The Labute approximate surface area is 261 Å². The summed E-state index contributed by atoms with van der Waals surface area (Å²) in [5.41, 5.74) is 4.03. The van der Waals surface area contributed by atoms with Crippen LogP contribution < -0.4 is 5.32 Å². The van der Waals surface area contributed by atoms with E-state index < -0.39 is 43.5 Å². The van der Waals surface area contributed by atoms with Crippen LogP contribution in [0.1, 0.15) is 53.7 Å². The maximum absolute atomic E-state index is 13.5. The first kappa shape index (κ1) is 34.9. The molecule has 0 radical (unpaired) electrons. The molecule has 9 nitrogen and oxygen atoms in total. The molecule has 3 aromatic rings. The highest BCUT2D eigenvalue weighted by molar-refractivity contribution is 7.90. The standard InChI is InChI=1S/C33H42N2O7S2/c1-24(2)17-21-44(41,42)35(19-16-26-11-6-5-7-12-26)23-27-14-15-29(30(22-27)28-13-9-8-10-25(28)3)32(36)34-31(33(37)38)18-20-43(4,39)40/h5-15,22,24,31H,16-21,23H2,1-4H3,(H,34,36)(H,37,38)/t31-/m0/s1. The fourth-order valence-corrected chi connectivity index (χ4v) is 7.15. The van der Waals surface area contributed by atoms with Crippen molar-refractivity contribution in [2.24, 2.45) is 5.92 Å². The lowest BCUT2D eigenvalue weighted by atomic mass is 9.93. The van der Waals surface area contributed by atoms with Crippen molar-refractivity contribution in [1.82, 2.24) is 9.62 Å². The fraction of sp³-hybridized carbons (Fsp3) is 0.394. The second-order valence-electron chi connectivity index (χ2n) is 11.5. The molecule has 0 spiro atoms. The Morgan fingerprint density at radius 2 is 1.50 bits per heavy atom. The number of sulfonamides is 1. The zero-order valence-corrected chi connectivity index (χ0v) is 27.3. The van der Waals surface area contributed by atoms with Gasteiger partial charge in [-0.3, -0.25) is 4.79 Å². The lowest BCUT2D eigenvalue weighted by molar-refractivity contribution is -0.139. The average Bonchev–Trinajstić information content (AvgIpc) is 2.96. The number of nitrogens with one attached hydrogen (secondary N) is 1. The number of aliphatic carboxylic acids is 1. The highest BCUT2D eigenvalue weighted by Gasteiger charge is 2.26. The van der Waals surface area contributed by atoms with E-state index in [1.165, 1.54) is 4.31 Å². The maximum Gasteiger partial charge on any atom is 0.326 e. The van der Waals surface area contributed by atoms with Crippen LogP contribution in [-0.2, 0) is 37.6 Å². The van der Waals surface area contributed by atoms with Gasteiger partial charge in [-0.05, 0) is 72.1 Å². The molecular formula is C33H42N2O7S2. The van der Waals surface area contributed by atoms with E-state index in [0.717, 1.165) is 22.9 Å². The molecule has 0 heterocycles. The Balaban J connectivity index is 1.99. The van der Waals surface area contributed by atoms with Gasteiger partial charge in [-0.1, -0.05) is 74.5 Å². The number of rotatable bonds is 16. The third-order valence-electron chi connectivity index (χ3n) is 7.34. The molecule has 44 heavy (non-hydrogen) atoms. The normalized spacial score (nSPS) is 12.8. The van der Waals surface area contributed by atoms with Crippen molar-refractivity contribution < 1.29 is 31.5 Å². The van der Waals surface area contributed by atoms with E-state index >= 15 is 0 Å². The predicted octanol–water partition coefficient (Wildman–Crippen LogP) is 4.70. The quantitative estimate of drug-likeness (QED) is 0.231. The molecule has 0 saturated heterocycles. The van der Waals surface area contributed by atoms with Crippen molar-refractivity contribution in [2.75, 3.05) is 24.3 Å². The molecule has 1 atom stereocenters. The van der Waals surface area contributed by atoms with E-state index in [0.29, 0.717) is 24.0 Å². The first-order valence-electron chi connectivity index (χ1n) is 14.6. The monoisotopic (exact) mass is 642 g/mol. The molecule has 0 aliphatic heterocycles. The summed E-state index contributed by atoms with van der Waals surface area (Å²) >= 11 is 0. The molecule has 238 valence electrons. The number of sulfone groups is 1. The third kappa shape index (κ3) is 10.6. The molecular weight excluding hydrogens is 601 g/mol. The zero-order chi connectivity index (χ0) is 32.5. The van der Waals surface area contributed by atoms with E-state index in [1.54, 1.807) is 18.2 Å². The SMILES string of the molecule is Cc1ccccc1-c1cc(CN(CCc2ccccc2)S(=O)(=O)CCC(C)C)ccc1C(=O)N[C@@H](CCS(C)(=O)=O)C(=O)O. The summed E-state index contributed by atoms with van der Waals surface area (Å²) < 4.78 is 51.8. The second-order valence-corrected chi connectivity index (χ2v) is 15.9. The molecule has 11 heteroatoms. The highest BCUT2D eigenvalue weighted by atomic mass is 32.2. The maximum atomic E-state index is 13.5. The van der Waals surface area contributed by atoms with Crippen molar-refractivity contribution in [1.29, 1.82) is 0 Å². The van der Waals surface area contributed by atoms with E-state index in [4.69, 9.17) is 0 Å². The average molecular weight is 643 g/mol. The highest BCUT2D eigenvalue weighted by Crippen LogP contribution is 2.29. The van der Waals surface area contributed by atoms with Gasteiger partial charge >= 0.3 is 5.97 Å². The number of amides is 1. The van der Waals surface area contributed by atoms with Crippen LogP contribution in [0.2, 0.25) is 0 Å². The van der Waals surface area contributed by atoms with Crippen molar-refractivity contribution >= 4 is 31.7 Å². The second kappa shape index (κ2) is 15.5. The van der Waals surface area contributed by atoms with Crippen LogP contribution >= 0.6 is 0 Å². The van der Waals surface area contributed by atoms with Gasteiger partial charge in [-0.15, -0.1) is 0 Å². The van der Waals surface area contributed by atoms with Gasteiger partial charge in [0.2, 0.25) is 10.0 Å². The van der Waals surface area contributed by atoms with Gasteiger partial charge < -0.3 is 10.4 Å². The molecule has 0 unspecified atom stereocenters. The van der Waals surface area contributed by atoms with Crippen molar-refractivity contribution in [3.05, 3.63) is 95.1 Å². The molecule has 3 rings (SSSR count). The smallest absolute Gasteiger partial charge is 0.326 e. The Morgan fingerprint density at radius 1 is 0.841 bits per heavy atom. The Hall–Kier alpha value is -3.54. The first-order valence-corrected chi connectivity index (χ1v) is 18.3. The minimum absolute atomic E-state index is 0.0225. The summed E-state index contributed by atoms with van der Waals surface area (Å²) in [6.45, 7) is 6.24. The van der Waals surface area contributed by atoms with Gasteiger partial charge in [-0.25, -0.2) is 21.6 Å². The summed E-state index contributed by atoms with van der Waals surface area (Å²) in [5, 5.41) is 12.1. The number of carbonyl (C=O) groups is 2. The van der Waals surface area contributed by atoms with Gasteiger partial charge in [0, 0.05) is 24.9 Å². The van der Waals surface area contributed by atoms with Crippen LogP contribution in [0.3, 0.4) is 0 Å². The third-order valence-corrected chi connectivity index (χ3v) is 10.2. The van der Waals surface area contributed by atoms with Gasteiger partial charge in [0.1, 0.15) is 15.9 Å². The summed E-state index contributed by atoms with van der Waals surface area (Å²) in [6.07, 6.45) is 1.80. The van der Waals surface area contributed by atoms with Gasteiger partial charge in [0.15, 0.2) is 0 Å². The molecule has 2 N–H and O–H groups in total. The zero-order valence-electron chi connectivity index (χ0n) is 25.7. The van der Waals surface area contributed by atoms with Crippen LogP contribution in [-0.4, -0.2) is 68.5 Å². The number of aryl methyl sites for hydroxylation is 1. The molecule has 1 amide bonds. The molecule has 0 aliphatic carbocycles. The molecule has 0 bridgehead atoms. The number of nitrogens with zero attached hydrogens (tertiary/aromatic N) is 1. The summed E-state index contributed by atoms with van der Waals surface area (Å²) in [7, 11) is -7.04. The number of benzene rings is 3. The summed E-state index contributed by atoms with van der Waals surface area (Å²) in [4.78, 5) is 25.3. The number of carboxylic acid groups (broad SMARTS) is 1. The molecule has 0 saturated carbocycles. The number of hydrogen-bond acceptors (Lipinski definition) is 6. The largest absolute Gasteiger partial charge is 0.480 e. The van der Waals surface area contributed by atoms with E-state index in [1.807, 2.05) is 75.4 Å². The topological polar surface area (TPSA) is 138 Å². The minimum atomic E-state index is -3.60. The summed E-state index contributed by atoms with van der Waals surface area (Å²) in [6, 6.07) is 20.7. The van der Waals surface area contributed by atoms with Gasteiger partial charge in [-0.2, -0.15) is 4.31 Å². The lowest BCUT2D eigenvalue weighted by Gasteiger charge is -2.24. The number of carboxylic acids is 1. The molecule has 0 aliphatic rings. The van der Waals surface area contributed by atoms with Crippen molar-refractivity contribution in [3.8, 4) is 11.1 Å². The lowest BCUT2D eigenvalue weighted by Crippen LogP contribution is -2.42. The minimum Gasteiger partial charge on any atom is -0.480 e. The fourth-order valence-electron chi connectivity index (χ4n) is 4.74. The van der Waals surface area contributed by atoms with Crippen LogP contribution in [0.25, 0.3) is 11.1 Å².